The number of nitro groups is 1. The molecule has 6 nitrogen and oxygen atoms in total. The summed E-state index contributed by atoms with van der Waals surface area (Å²) in [7, 11) is 0. The summed E-state index contributed by atoms with van der Waals surface area (Å²) in [5.74, 6) is 0.0817. The first-order chi connectivity index (χ1) is 11.0. The van der Waals surface area contributed by atoms with E-state index in [2.05, 4.69) is 0 Å². The van der Waals surface area contributed by atoms with E-state index >= 15 is 0 Å². The molecule has 0 aromatic heterocycles. The molecule has 0 N–H and O–H groups in total. The van der Waals surface area contributed by atoms with Gasteiger partial charge >= 0.3 is 5.97 Å². The summed E-state index contributed by atoms with van der Waals surface area (Å²) < 4.78 is 10.5. The number of aryl methyl sites for hydroxylation is 2. The Balaban J connectivity index is 1.86. The van der Waals surface area contributed by atoms with E-state index in [9.17, 15) is 14.9 Å². The van der Waals surface area contributed by atoms with Crippen LogP contribution in [0.25, 0.3) is 0 Å². The number of ether oxygens (including phenoxy) is 2. The highest BCUT2D eigenvalue weighted by molar-refractivity contribution is 5.90. The van der Waals surface area contributed by atoms with E-state index in [1.165, 1.54) is 18.2 Å². The van der Waals surface area contributed by atoms with E-state index in [0.717, 1.165) is 5.56 Å². The number of rotatable bonds is 6. The van der Waals surface area contributed by atoms with Gasteiger partial charge in [0, 0.05) is 11.6 Å². The van der Waals surface area contributed by atoms with Gasteiger partial charge in [0.05, 0.1) is 10.5 Å². The first kappa shape index (κ1) is 16.5. The van der Waals surface area contributed by atoms with Crippen LogP contribution in [0.3, 0.4) is 0 Å². The summed E-state index contributed by atoms with van der Waals surface area (Å²) >= 11 is 0. The molecule has 0 amide bonds. The molecule has 23 heavy (non-hydrogen) atoms. The van der Waals surface area contributed by atoms with Crippen LogP contribution in [0, 0.1) is 24.0 Å². The lowest BCUT2D eigenvalue weighted by molar-refractivity contribution is -0.385. The Morgan fingerprint density at radius 1 is 1.09 bits per heavy atom. The lowest BCUT2D eigenvalue weighted by atomic mass is 10.1. The Kier molecular flexibility index (Phi) is 5.30. The summed E-state index contributed by atoms with van der Waals surface area (Å²) in [6.07, 6.45) is 0. The van der Waals surface area contributed by atoms with Crippen LogP contribution in [-0.2, 0) is 4.74 Å². The van der Waals surface area contributed by atoms with Gasteiger partial charge < -0.3 is 9.47 Å². The fraction of sp³-hybridized carbons (Fsp3) is 0.235. The van der Waals surface area contributed by atoms with Crippen molar-refractivity contribution in [2.75, 3.05) is 13.2 Å². The first-order valence-corrected chi connectivity index (χ1v) is 7.09. The SMILES string of the molecule is Cc1ccc(OCCOC(=O)c2ccc(C)c([N+](=O)[O-])c2)cc1. The molecule has 2 rings (SSSR count). The Labute approximate surface area is 133 Å². The molecular weight excluding hydrogens is 298 g/mol. The zero-order valence-corrected chi connectivity index (χ0v) is 12.9. The standard InChI is InChI=1S/C17H17NO5/c1-12-3-7-15(8-4-12)22-9-10-23-17(19)14-6-5-13(2)16(11-14)18(20)21/h3-8,11H,9-10H2,1-2H3. The number of nitro benzene ring substituents is 1. The van der Waals surface area contributed by atoms with Gasteiger partial charge in [-0.2, -0.15) is 0 Å². The molecule has 0 atom stereocenters. The molecule has 0 heterocycles. The first-order valence-electron chi connectivity index (χ1n) is 7.09. The van der Waals surface area contributed by atoms with Crippen molar-refractivity contribution >= 4 is 11.7 Å². The number of esters is 1. The summed E-state index contributed by atoms with van der Waals surface area (Å²) in [6, 6.07) is 11.8. The fourth-order valence-electron chi connectivity index (χ4n) is 1.94. The Bertz CT molecular complexity index is 709. The van der Waals surface area contributed by atoms with Crippen LogP contribution in [0.4, 0.5) is 5.69 Å². The van der Waals surface area contributed by atoms with Gasteiger partial charge in [-0.15, -0.1) is 0 Å². The molecule has 6 heteroatoms. The number of nitrogens with zero attached hydrogens (tertiary/aromatic N) is 1. The van der Waals surface area contributed by atoms with Crippen molar-refractivity contribution < 1.29 is 19.2 Å². The molecular formula is C17H17NO5. The van der Waals surface area contributed by atoms with Crippen LogP contribution in [0.1, 0.15) is 21.5 Å². The zero-order chi connectivity index (χ0) is 16.8. The molecule has 2 aromatic carbocycles. The van der Waals surface area contributed by atoms with Crippen LogP contribution in [-0.4, -0.2) is 24.1 Å². The lowest BCUT2D eigenvalue weighted by Gasteiger charge is -2.08. The number of benzene rings is 2. The van der Waals surface area contributed by atoms with Crippen molar-refractivity contribution in [1.29, 1.82) is 0 Å². The van der Waals surface area contributed by atoms with Gasteiger partial charge in [-0.25, -0.2) is 4.79 Å². The van der Waals surface area contributed by atoms with E-state index in [-0.39, 0.29) is 24.5 Å². The van der Waals surface area contributed by atoms with E-state index in [0.29, 0.717) is 11.3 Å². The predicted molar refractivity (Wildman–Crippen MR) is 84.8 cm³/mol. The molecule has 2 aromatic rings. The Morgan fingerprint density at radius 2 is 1.78 bits per heavy atom. The molecule has 0 aliphatic heterocycles. The van der Waals surface area contributed by atoms with Crippen molar-refractivity contribution in [3.63, 3.8) is 0 Å². The second kappa shape index (κ2) is 7.40. The molecule has 0 aliphatic rings. The lowest BCUT2D eigenvalue weighted by Crippen LogP contribution is -2.12. The highest BCUT2D eigenvalue weighted by atomic mass is 16.6. The third kappa shape index (κ3) is 4.54. The molecule has 0 unspecified atom stereocenters. The average molecular weight is 315 g/mol. The molecule has 0 saturated carbocycles. The second-order valence-electron chi connectivity index (χ2n) is 5.06. The predicted octanol–water partition coefficient (Wildman–Crippen LogP) is 3.45. The van der Waals surface area contributed by atoms with Gasteiger partial charge in [0.15, 0.2) is 0 Å². The minimum atomic E-state index is -0.611. The summed E-state index contributed by atoms with van der Waals surface area (Å²) in [5.41, 5.74) is 1.67. The number of hydrogen-bond donors (Lipinski definition) is 0. The van der Waals surface area contributed by atoms with Crippen molar-refractivity contribution in [3.05, 3.63) is 69.3 Å². The maximum Gasteiger partial charge on any atom is 0.338 e. The molecule has 120 valence electrons. The average Bonchev–Trinajstić information content (AvgIpc) is 2.53. The van der Waals surface area contributed by atoms with Crippen LogP contribution in [0.2, 0.25) is 0 Å². The van der Waals surface area contributed by atoms with Crippen molar-refractivity contribution in [1.82, 2.24) is 0 Å². The Hall–Kier alpha value is -2.89. The van der Waals surface area contributed by atoms with Crippen molar-refractivity contribution in [2.45, 2.75) is 13.8 Å². The van der Waals surface area contributed by atoms with E-state index in [1.54, 1.807) is 6.92 Å². The maximum absolute atomic E-state index is 11.9. The third-order valence-corrected chi connectivity index (χ3v) is 3.25. The van der Waals surface area contributed by atoms with Gasteiger partial charge in [-0.3, -0.25) is 10.1 Å². The summed E-state index contributed by atoms with van der Waals surface area (Å²) in [6.45, 7) is 3.87. The smallest absolute Gasteiger partial charge is 0.338 e. The Morgan fingerprint density at radius 3 is 2.43 bits per heavy atom. The quantitative estimate of drug-likeness (QED) is 0.353. The largest absolute Gasteiger partial charge is 0.490 e. The number of carbonyl (C=O) groups excluding carboxylic acids is 1. The summed E-state index contributed by atoms with van der Waals surface area (Å²) in [5, 5.41) is 10.9. The third-order valence-electron chi connectivity index (χ3n) is 3.25. The second-order valence-corrected chi connectivity index (χ2v) is 5.06. The highest BCUT2D eigenvalue weighted by Gasteiger charge is 2.15. The fourth-order valence-corrected chi connectivity index (χ4v) is 1.94. The molecule has 0 saturated heterocycles. The maximum atomic E-state index is 11.9. The summed E-state index contributed by atoms with van der Waals surface area (Å²) in [4.78, 5) is 22.2. The van der Waals surface area contributed by atoms with E-state index in [4.69, 9.17) is 9.47 Å². The molecule has 0 spiro atoms. The van der Waals surface area contributed by atoms with E-state index < -0.39 is 10.9 Å². The minimum Gasteiger partial charge on any atom is -0.490 e. The molecule has 0 radical (unpaired) electrons. The molecule has 0 aliphatic carbocycles. The van der Waals surface area contributed by atoms with Crippen molar-refractivity contribution in [2.24, 2.45) is 0 Å². The monoisotopic (exact) mass is 315 g/mol. The van der Waals surface area contributed by atoms with Crippen LogP contribution < -0.4 is 4.74 Å². The van der Waals surface area contributed by atoms with Gasteiger partial charge in [0.25, 0.3) is 5.69 Å². The van der Waals surface area contributed by atoms with Crippen molar-refractivity contribution in [3.8, 4) is 5.75 Å². The highest BCUT2D eigenvalue weighted by Crippen LogP contribution is 2.19. The topological polar surface area (TPSA) is 78.7 Å². The van der Waals surface area contributed by atoms with Gasteiger partial charge in [-0.1, -0.05) is 23.8 Å². The number of carbonyl (C=O) groups is 1. The van der Waals surface area contributed by atoms with Crippen LogP contribution >= 0.6 is 0 Å². The molecule has 0 bridgehead atoms. The zero-order valence-electron chi connectivity index (χ0n) is 12.9. The van der Waals surface area contributed by atoms with Crippen LogP contribution in [0.5, 0.6) is 5.75 Å². The molecule has 0 fully saturated rings. The minimum absolute atomic E-state index is 0.0639. The normalized spacial score (nSPS) is 10.2. The van der Waals surface area contributed by atoms with Gasteiger partial charge in [0.1, 0.15) is 19.0 Å². The number of hydrogen-bond acceptors (Lipinski definition) is 5. The van der Waals surface area contributed by atoms with E-state index in [1.807, 2.05) is 31.2 Å². The van der Waals surface area contributed by atoms with Gasteiger partial charge in [-0.05, 0) is 32.0 Å². The van der Waals surface area contributed by atoms with Gasteiger partial charge in [0.2, 0.25) is 0 Å². The van der Waals surface area contributed by atoms with Crippen LogP contribution in [0.15, 0.2) is 42.5 Å².